The molecule has 0 atom stereocenters. The normalized spacial score (nSPS) is 9.62. The minimum atomic E-state index is 0.0107. The predicted molar refractivity (Wildman–Crippen MR) is 49.5 cm³/mol. The number of hydrogen-bond acceptors (Lipinski definition) is 3. The second-order valence-corrected chi connectivity index (χ2v) is 3.03. The maximum atomic E-state index is 11.0. The molecule has 0 aliphatic carbocycles. The summed E-state index contributed by atoms with van der Waals surface area (Å²) < 4.78 is 0. The number of Topliss-reactive ketones (excluding diaryl/α,β-unsaturated/α-hetero) is 2. The SMILES string of the molecule is CCCC(=O)CCC(=O)CCC=O. The van der Waals surface area contributed by atoms with Crippen molar-refractivity contribution in [2.45, 2.75) is 45.4 Å². The van der Waals surface area contributed by atoms with E-state index in [0.29, 0.717) is 19.3 Å². The van der Waals surface area contributed by atoms with Crippen molar-refractivity contribution in [3.05, 3.63) is 0 Å². The van der Waals surface area contributed by atoms with Crippen LogP contribution in [0, 0.1) is 0 Å². The first-order chi connectivity index (χ1) is 6.20. The molecular weight excluding hydrogens is 168 g/mol. The highest BCUT2D eigenvalue weighted by Crippen LogP contribution is 2.01. The number of carbonyl (C=O) groups excluding carboxylic acids is 3. The monoisotopic (exact) mass is 184 g/mol. The Balaban J connectivity index is 3.45. The van der Waals surface area contributed by atoms with Gasteiger partial charge in [0.05, 0.1) is 0 Å². The minimum absolute atomic E-state index is 0.0107. The summed E-state index contributed by atoms with van der Waals surface area (Å²) in [4.78, 5) is 31.9. The fraction of sp³-hybridized carbons (Fsp3) is 0.700. The largest absolute Gasteiger partial charge is 0.303 e. The summed E-state index contributed by atoms with van der Waals surface area (Å²) in [7, 11) is 0. The summed E-state index contributed by atoms with van der Waals surface area (Å²) in [6.45, 7) is 1.94. The van der Waals surface area contributed by atoms with Crippen molar-refractivity contribution in [2.24, 2.45) is 0 Å². The third-order valence-electron chi connectivity index (χ3n) is 1.75. The zero-order valence-electron chi connectivity index (χ0n) is 8.04. The molecule has 13 heavy (non-hydrogen) atoms. The van der Waals surface area contributed by atoms with E-state index in [1.54, 1.807) is 0 Å². The van der Waals surface area contributed by atoms with E-state index in [9.17, 15) is 14.4 Å². The average Bonchev–Trinajstić information content (AvgIpc) is 2.12. The van der Waals surface area contributed by atoms with E-state index in [1.807, 2.05) is 6.92 Å². The van der Waals surface area contributed by atoms with Crippen LogP contribution in [0.15, 0.2) is 0 Å². The summed E-state index contributed by atoms with van der Waals surface area (Å²) in [5.41, 5.74) is 0. The average molecular weight is 184 g/mol. The number of rotatable bonds is 8. The second-order valence-electron chi connectivity index (χ2n) is 3.03. The molecule has 0 radical (unpaired) electrons. The summed E-state index contributed by atoms with van der Waals surface area (Å²) in [6, 6.07) is 0. The van der Waals surface area contributed by atoms with E-state index in [0.717, 1.165) is 12.7 Å². The van der Waals surface area contributed by atoms with Crippen LogP contribution in [-0.2, 0) is 14.4 Å². The lowest BCUT2D eigenvalue weighted by molar-refractivity contribution is -0.124. The van der Waals surface area contributed by atoms with Crippen LogP contribution in [0.1, 0.15) is 45.4 Å². The summed E-state index contributed by atoms with van der Waals surface area (Å²) in [5.74, 6) is 0.151. The molecule has 0 aromatic rings. The quantitative estimate of drug-likeness (QED) is 0.539. The Kier molecular flexibility index (Phi) is 7.07. The Morgan fingerprint density at radius 1 is 1.00 bits per heavy atom. The van der Waals surface area contributed by atoms with Crippen LogP contribution >= 0.6 is 0 Å². The van der Waals surface area contributed by atoms with Crippen LogP contribution in [0.25, 0.3) is 0 Å². The maximum Gasteiger partial charge on any atom is 0.133 e. The fourth-order valence-electron chi connectivity index (χ4n) is 1.03. The first kappa shape index (κ1) is 12.0. The molecule has 3 heteroatoms. The molecular formula is C10H16O3. The van der Waals surface area contributed by atoms with Crippen LogP contribution < -0.4 is 0 Å². The van der Waals surface area contributed by atoms with Crippen molar-refractivity contribution < 1.29 is 14.4 Å². The lowest BCUT2D eigenvalue weighted by Gasteiger charge is -1.97. The van der Waals surface area contributed by atoms with Crippen LogP contribution in [0.4, 0.5) is 0 Å². The molecule has 74 valence electrons. The Morgan fingerprint density at radius 3 is 2.00 bits per heavy atom. The fourth-order valence-corrected chi connectivity index (χ4v) is 1.03. The van der Waals surface area contributed by atoms with E-state index in [1.165, 1.54) is 0 Å². The highest BCUT2D eigenvalue weighted by Gasteiger charge is 2.05. The summed E-state index contributed by atoms with van der Waals surface area (Å²) in [5, 5.41) is 0. The molecule has 0 saturated carbocycles. The van der Waals surface area contributed by atoms with Crippen LogP contribution in [-0.4, -0.2) is 17.9 Å². The second kappa shape index (κ2) is 7.65. The van der Waals surface area contributed by atoms with Crippen LogP contribution in [0.2, 0.25) is 0 Å². The first-order valence-electron chi connectivity index (χ1n) is 4.67. The van der Waals surface area contributed by atoms with Crippen molar-refractivity contribution in [2.75, 3.05) is 0 Å². The van der Waals surface area contributed by atoms with Gasteiger partial charge in [-0.2, -0.15) is 0 Å². The zero-order valence-corrected chi connectivity index (χ0v) is 8.04. The zero-order chi connectivity index (χ0) is 10.1. The van der Waals surface area contributed by atoms with Gasteiger partial charge in [-0.05, 0) is 6.42 Å². The highest BCUT2D eigenvalue weighted by atomic mass is 16.1. The Morgan fingerprint density at radius 2 is 1.54 bits per heavy atom. The molecule has 0 amide bonds. The minimum Gasteiger partial charge on any atom is -0.303 e. The molecule has 0 heterocycles. The first-order valence-corrected chi connectivity index (χ1v) is 4.67. The van der Waals surface area contributed by atoms with Gasteiger partial charge in [0.25, 0.3) is 0 Å². The molecule has 0 spiro atoms. The van der Waals surface area contributed by atoms with E-state index < -0.39 is 0 Å². The third-order valence-corrected chi connectivity index (χ3v) is 1.75. The smallest absolute Gasteiger partial charge is 0.133 e. The molecule has 0 aromatic heterocycles. The number of ketones is 2. The van der Waals surface area contributed by atoms with Crippen molar-refractivity contribution in [1.29, 1.82) is 0 Å². The molecule has 0 aliphatic rings. The van der Waals surface area contributed by atoms with Gasteiger partial charge in [0.15, 0.2) is 0 Å². The van der Waals surface area contributed by atoms with Gasteiger partial charge in [0.2, 0.25) is 0 Å². The lowest BCUT2D eigenvalue weighted by atomic mass is 10.1. The van der Waals surface area contributed by atoms with Gasteiger partial charge >= 0.3 is 0 Å². The van der Waals surface area contributed by atoms with Crippen LogP contribution in [0.5, 0.6) is 0 Å². The summed E-state index contributed by atoms with van der Waals surface area (Å²) in [6.07, 6.45) is 3.32. The topological polar surface area (TPSA) is 51.2 Å². The molecule has 0 bridgehead atoms. The van der Waals surface area contributed by atoms with Crippen molar-refractivity contribution in [3.63, 3.8) is 0 Å². The van der Waals surface area contributed by atoms with Gasteiger partial charge in [-0.25, -0.2) is 0 Å². The van der Waals surface area contributed by atoms with E-state index in [-0.39, 0.29) is 24.4 Å². The van der Waals surface area contributed by atoms with Gasteiger partial charge in [-0.15, -0.1) is 0 Å². The molecule has 0 unspecified atom stereocenters. The molecule has 0 aromatic carbocycles. The molecule has 0 saturated heterocycles. The van der Waals surface area contributed by atoms with Gasteiger partial charge in [-0.3, -0.25) is 9.59 Å². The molecule has 0 fully saturated rings. The molecule has 0 aliphatic heterocycles. The Hall–Kier alpha value is -0.990. The molecule has 0 N–H and O–H groups in total. The van der Waals surface area contributed by atoms with Gasteiger partial charge in [-0.1, -0.05) is 6.92 Å². The predicted octanol–water partition coefficient (Wildman–Crippen LogP) is 1.68. The van der Waals surface area contributed by atoms with Crippen molar-refractivity contribution in [1.82, 2.24) is 0 Å². The number of carbonyl (C=O) groups is 3. The lowest BCUT2D eigenvalue weighted by Crippen LogP contribution is -2.03. The van der Waals surface area contributed by atoms with Crippen molar-refractivity contribution >= 4 is 17.9 Å². The molecule has 0 rings (SSSR count). The number of aldehydes is 1. The van der Waals surface area contributed by atoms with Gasteiger partial charge < -0.3 is 4.79 Å². The van der Waals surface area contributed by atoms with Gasteiger partial charge in [0, 0.05) is 32.1 Å². The molecule has 3 nitrogen and oxygen atoms in total. The van der Waals surface area contributed by atoms with E-state index in [2.05, 4.69) is 0 Å². The number of hydrogen-bond donors (Lipinski definition) is 0. The Labute approximate surface area is 78.5 Å². The summed E-state index contributed by atoms with van der Waals surface area (Å²) >= 11 is 0. The highest BCUT2D eigenvalue weighted by molar-refractivity contribution is 5.86. The standard InChI is InChI=1S/C10H16O3/c1-2-4-9(12)6-7-10(13)5-3-8-11/h8H,2-7H2,1H3. The van der Waals surface area contributed by atoms with Gasteiger partial charge in [0.1, 0.15) is 17.9 Å². The van der Waals surface area contributed by atoms with Crippen molar-refractivity contribution in [3.8, 4) is 0 Å². The van der Waals surface area contributed by atoms with Crippen LogP contribution in [0.3, 0.4) is 0 Å². The maximum absolute atomic E-state index is 11.0. The van der Waals surface area contributed by atoms with E-state index in [4.69, 9.17) is 0 Å². The third kappa shape index (κ3) is 7.37. The Bertz CT molecular complexity index is 185. The van der Waals surface area contributed by atoms with E-state index >= 15 is 0 Å².